The Labute approximate surface area is 83.6 Å². The number of fused-ring (bicyclic) bond motifs is 1. The molecule has 3 N–H and O–H groups in total. The second-order valence-corrected chi connectivity index (χ2v) is 2.94. The molecule has 0 aromatic carbocycles. The van der Waals surface area contributed by atoms with Gasteiger partial charge in [-0.2, -0.15) is 5.10 Å². The van der Waals surface area contributed by atoms with Crippen molar-refractivity contribution in [2.45, 2.75) is 0 Å². The summed E-state index contributed by atoms with van der Waals surface area (Å²) in [5.41, 5.74) is 6.38. The highest BCUT2D eigenvalue weighted by atomic mass is 35.5. The minimum absolute atomic E-state index is 0.0627. The lowest BCUT2D eigenvalue weighted by atomic mass is 10.4. The van der Waals surface area contributed by atoms with Crippen LogP contribution in [0.25, 0.3) is 5.65 Å². The Balaban J connectivity index is 2.73. The monoisotopic (exact) mass is 211 g/mol. The number of nitrogens with zero attached hydrogens (tertiary/aromatic N) is 4. The fourth-order valence-corrected chi connectivity index (χ4v) is 1.22. The molecule has 0 radical (unpaired) electrons. The van der Waals surface area contributed by atoms with Gasteiger partial charge in [0.15, 0.2) is 11.5 Å². The maximum Gasteiger partial charge on any atom is 0.190 e. The van der Waals surface area contributed by atoms with E-state index in [0.717, 1.165) is 0 Å². The van der Waals surface area contributed by atoms with Crippen molar-refractivity contribution in [3.63, 3.8) is 0 Å². The molecule has 0 saturated heterocycles. The molecule has 2 rings (SSSR count). The summed E-state index contributed by atoms with van der Waals surface area (Å²) in [6, 6.07) is 3.30. The van der Waals surface area contributed by atoms with Crippen molar-refractivity contribution in [1.82, 2.24) is 14.6 Å². The average Bonchev–Trinajstić information content (AvgIpc) is 2.59. The molecule has 0 amide bonds. The Hall–Kier alpha value is -1.82. The van der Waals surface area contributed by atoms with Gasteiger partial charge in [-0.25, -0.2) is 9.50 Å². The van der Waals surface area contributed by atoms with Gasteiger partial charge in [0.25, 0.3) is 0 Å². The Morgan fingerprint density at radius 1 is 1.57 bits per heavy atom. The third-order valence-electron chi connectivity index (χ3n) is 1.70. The zero-order chi connectivity index (χ0) is 10.1. The van der Waals surface area contributed by atoms with Crippen molar-refractivity contribution >= 4 is 23.1 Å². The minimum Gasteiger partial charge on any atom is -0.409 e. The van der Waals surface area contributed by atoms with Crippen LogP contribution in [-0.4, -0.2) is 25.6 Å². The van der Waals surface area contributed by atoms with E-state index in [0.29, 0.717) is 16.5 Å². The molecule has 0 unspecified atom stereocenters. The highest BCUT2D eigenvalue weighted by Crippen LogP contribution is 2.08. The van der Waals surface area contributed by atoms with Crippen molar-refractivity contribution in [3.05, 3.63) is 29.2 Å². The van der Waals surface area contributed by atoms with Crippen LogP contribution in [0.4, 0.5) is 0 Å². The lowest BCUT2D eigenvalue weighted by Crippen LogP contribution is -2.16. The zero-order valence-electron chi connectivity index (χ0n) is 6.92. The quantitative estimate of drug-likeness (QED) is 0.311. The Kier molecular flexibility index (Phi) is 1.97. The van der Waals surface area contributed by atoms with Gasteiger partial charge in [0.1, 0.15) is 10.8 Å². The number of rotatable bonds is 1. The van der Waals surface area contributed by atoms with Crippen LogP contribution >= 0.6 is 11.6 Å². The smallest absolute Gasteiger partial charge is 0.190 e. The Bertz CT molecular complexity index is 506. The van der Waals surface area contributed by atoms with Crippen LogP contribution in [0.5, 0.6) is 0 Å². The summed E-state index contributed by atoms with van der Waals surface area (Å²) in [4.78, 5) is 4.00. The van der Waals surface area contributed by atoms with Crippen molar-refractivity contribution in [2.75, 3.05) is 0 Å². The third kappa shape index (κ3) is 1.25. The van der Waals surface area contributed by atoms with Crippen LogP contribution in [0.2, 0.25) is 5.15 Å². The molecule has 72 valence electrons. The molecule has 7 heteroatoms. The number of nitrogens with two attached hydrogens (primary N) is 1. The number of oxime groups is 1. The van der Waals surface area contributed by atoms with E-state index in [4.69, 9.17) is 22.5 Å². The Morgan fingerprint density at radius 2 is 2.36 bits per heavy atom. The summed E-state index contributed by atoms with van der Waals surface area (Å²) >= 11 is 5.69. The number of hydrogen-bond donors (Lipinski definition) is 2. The lowest BCUT2D eigenvalue weighted by Gasteiger charge is -1.97. The first-order valence-corrected chi connectivity index (χ1v) is 4.08. The number of hydrogen-bond acceptors (Lipinski definition) is 4. The van der Waals surface area contributed by atoms with Gasteiger partial charge in [0, 0.05) is 0 Å². The van der Waals surface area contributed by atoms with E-state index in [9.17, 15) is 0 Å². The fraction of sp³-hybridized carbons (Fsp3) is 0. The van der Waals surface area contributed by atoms with Gasteiger partial charge >= 0.3 is 0 Å². The van der Waals surface area contributed by atoms with Gasteiger partial charge in [-0.3, -0.25) is 0 Å². The maximum atomic E-state index is 8.50. The van der Waals surface area contributed by atoms with Crippen LogP contribution in [0, 0.1) is 0 Å². The predicted molar refractivity (Wildman–Crippen MR) is 50.5 cm³/mol. The first kappa shape index (κ1) is 8.76. The summed E-state index contributed by atoms with van der Waals surface area (Å²) < 4.78 is 1.40. The van der Waals surface area contributed by atoms with E-state index in [1.54, 1.807) is 12.1 Å². The first-order valence-electron chi connectivity index (χ1n) is 3.70. The lowest BCUT2D eigenvalue weighted by molar-refractivity contribution is 0.318. The summed E-state index contributed by atoms with van der Waals surface area (Å²) in [5.74, 6) is -0.0627. The maximum absolute atomic E-state index is 8.50. The van der Waals surface area contributed by atoms with E-state index < -0.39 is 0 Å². The van der Waals surface area contributed by atoms with Crippen molar-refractivity contribution in [1.29, 1.82) is 0 Å². The summed E-state index contributed by atoms with van der Waals surface area (Å²) in [6.45, 7) is 0. The highest BCUT2D eigenvalue weighted by molar-refractivity contribution is 6.29. The first-order chi connectivity index (χ1) is 6.72. The molecule has 0 atom stereocenters. The average molecular weight is 212 g/mol. The van der Waals surface area contributed by atoms with Gasteiger partial charge < -0.3 is 10.9 Å². The molecule has 0 saturated carbocycles. The number of amidine groups is 1. The van der Waals surface area contributed by atoms with Crippen molar-refractivity contribution < 1.29 is 5.21 Å². The standard InChI is InChI=1S/C7H6ClN5O/c8-5-1-2-6-10-3-4(7(9)12-14)13(6)11-5/h1-3,14H,(H2,9,12). The van der Waals surface area contributed by atoms with Crippen molar-refractivity contribution in [2.24, 2.45) is 10.9 Å². The summed E-state index contributed by atoms with van der Waals surface area (Å²) in [5, 5.41) is 15.6. The predicted octanol–water partition coefficient (Wildman–Crippen LogP) is 0.477. The molecule has 0 fully saturated rings. The van der Waals surface area contributed by atoms with Crippen LogP contribution in [0.15, 0.2) is 23.5 Å². The van der Waals surface area contributed by atoms with E-state index in [-0.39, 0.29) is 5.84 Å². The topological polar surface area (TPSA) is 88.8 Å². The van der Waals surface area contributed by atoms with Gasteiger partial charge in [-0.1, -0.05) is 16.8 Å². The fourth-order valence-electron chi connectivity index (χ4n) is 1.08. The molecule has 0 aliphatic heterocycles. The Morgan fingerprint density at radius 3 is 3.07 bits per heavy atom. The van der Waals surface area contributed by atoms with Crippen LogP contribution < -0.4 is 5.73 Å². The summed E-state index contributed by atoms with van der Waals surface area (Å²) in [7, 11) is 0. The molecule has 0 bridgehead atoms. The van der Waals surface area contributed by atoms with Gasteiger partial charge in [0.05, 0.1) is 6.20 Å². The normalized spacial score (nSPS) is 12.2. The van der Waals surface area contributed by atoms with Gasteiger partial charge in [-0.15, -0.1) is 0 Å². The number of imidazole rings is 1. The molecule has 0 spiro atoms. The van der Waals surface area contributed by atoms with Crippen LogP contribution in [-0.2, 0) is 0 Å². The molecule has 14 heavy (non-hydrogen) atoms. The molecule has 0 aliphatic rings. The summed E-state index contributed by atoms with van der Waals surface area (Å²) in [6.07, 6.45) is 1.45. The van der Waals surface area contributed by atoms with E-state index in [1.807, 2.05) is 0 Å². The third-order valence-corrected chi connectivity index (χ3v) is 1.90. The van der Waals surface area contributed by atoms with Gasteiger partial charge in [0.2, 0.25) is 0 Å². The van der Waals surface area contributed by atoms with E-state index >= 15 is 0 Å². The molecule has 2 aromatic heterocycles. The number of aromatic nitrogens is 3. The van der Waals surface area contributed by atoms with Gasteiger partial charge in [-0.05, 0) is 12.1 Å². The minimum atomic E-state index is -0.0627. The molecule has 2 heterocycles. The van der Waals surface area contributed by atoms with E-state index in [2.05, 4.69) is 15.2 Å². The molecular weight excluding hydrogens is 206 g/mol. The zero-order valence-corrected chi connectivity index (χ0v) is 7.68. The second kappa shape index (κ2) is 3.15. The molecule has 2 aromatic rings. The molecule has 6 nitrogen and oxygen atoms in total. The highest BCUT2D eigenvalue weighted by Gasteiger charge is 2.08. The number of halogens is 1. The van der Waals surface area contributed by atoms with Crippen molar-refractivity contribution in [3.8, 4) is 0 Å². The SMILES string of the molecule is N/C(=N/O)c1cnc2ccc(Cl)nn12. The molecule has 0 aliphatic carbocycles. The second-order valence-electron chi connectivity index (χ2n) is 2.55. The van der Waals surface area contributed by atoms with Crippen LogP contribution in [0.3, 0.4) is 0 Å². The van der Waals surface area contributed by atoms with Crippen LogP contribution in [0.1, 0.15) is 5.69 Å². The molecular formula is C7H6ClN5O. The largest absolute Gasteiger partial charge is 0.409 e. The van der Waals surface area contributed by atoms with E-state index in [1.165, 1.54) is 10.7 Å².